The molecule has 2 unspecified atom stereocenters. The molecule has 1 N–H and O–H groups in total. The highest BCUT2D eigenvalue weighted by Gasteiger charge is 2.25. The molecule has 1 aromatic rings. The van der Waals surface area contributed by atoms with Gasteiger partial charge in [0.1, 0.15) is 6.10 Å². The van der Waals surface area contributed by atoms with Crippen LogP contribution in [0.3, 0.4) is 0 Å². The van der Waals surface area contributed by atoms with Crippen LogP contribution in [0.15, 0.2) is 12.3 Å². The normalized spacial score (nSPS) is 23.7. The van der Waals surface area contributed by atoms with Crippen molar-refractivity contribution < 1.29 is 4.74 Å². The fourth-order valence-electron chi connectivity index (χ4n) is 2.60. The molecule has 0 aliphatic heterocycles. The van der Waals surface area contributed by atoms with Gasteiger partial charge in [0.25, 0.3) is 0 Å². The molecule has 2 atom stereocenters. The van der Waals surface area contributed by atoms with E-state index in [0.717, 1.165) is 13.0 Å². The molecule has 0 aromatic carbocycles. The van der Waals surface area contributed by atoms with Crippen molar-refractivity contribution in [3.05, 3.63) is 12.3 Å². The lowest BCUT2D eigenvalue weighted by Crippen LogP contribution is -2.30. The molecule has 1 saturated carbocycles. The molecule has 1 fully saturated rings. The van der Waals surface area contributed by atoms with E-state index >= 15 is 0 Å². The first-order valence-electron chi connectivity index (χ1n) is 7.07. The van der Waals surface area contributed by atoms with Crippen molar-refractivity contribution in [2.45, 2.75) is 52.1 Å². The summed E-state index contributed by atoms with van der Waals surface area (Å²) in [4.78, 5) is 8.54. The van der Waals surface area contributed by atoms with Gasteiger partial charge >= 0.3 is 0 Å². The van der Waals surface area contributed by atoms with Crippen LogP contribution in [0.1, 0.15) is 46.0 Å². The molecule has 1 aliphatic carbocycles. The minimum Gasteiger partial charge on any atom is -0.474 e. The van der Waals surface area contributed by atoms with Crippen molar-refractivity contribution in [1.82, 2.24) is 9.97 Å². The van der Waals surface area contributed by atoms with Crippen LogP contribution < -0.4 is 10.1 Å². The van der Waals surface area contributed by atoms with Gasteiger partial charge in [0.05, 0.1) is 0 Å². The summed E-state index contributed by atoms with van der Waals surface area (Å²) in [7, 11) is 0. The van der Waals surface area contributed by atoms with Crippen LogP contribution >= 0.6 is 0 Å². The molecular formula is C14H23N3O. The van der Waals surface area contributed by atoms with Crippen LogP contribution in [0.25, 0.3) is 0 Å². The highest BCUT2D eigenvalue weighted by molar-refractivity contribution is 5.27. The van der Waals surface area contributed by atoms with Gasteiger partial charge in [0, 0.05) is 18.8 Å². The molecule has 1 heterocycles. The number of nitrogens with zero attached hydrogens (tertiary/aromatic N) is 2. The Morgan fingerprint density at radius 3 is 2.94 bits per heavy atom. The molecule has 0 spiro atoms. The average Bonchev–Trinajstić information content (AvgIpc) is 2.40. The summed E-state index contributed by atoms with van der Waals surface area (Å²) in [5.41, 5.74) is 0. The molecule has 0 bridgehead atoms. The Balaban J connectivity index is 2.00. The number of ether oxygens (including phenoxy) is 1. The van der Waals surface area contributed by atoms with Gasteiger partial charge in [-0.1, -0.05) is 13.3 Å². The predicted molar refractivity (Wildman–Crippen MR) is 72.9 cm³/mol. The van der Waals surface area contributed by atoms with Crippen molar-refractivity contribution in [3.8, 4) is 5.88 Å². The molecule has 0 radical (unpaired) electrons. The molecule has 4 nitrogen and oxygen atoms in total. The topological polar surface area (TPSA) is 47.0 Å². The first-order chi connectivity index (χ1) is 8.83. The first-order valence-corrected chi connectivity index (χ1v) is 7.07. The van der Waals surface area contributed by atoms with Gasteiger partial charge < -0.3 is 10.1 Å². The van der Waals surface area contributed by atoms with Crippen LogP contribution in [0.2, 0.25) is 0 Å². The number of hydrogen-bond donors (Lipinski definition) is 1. The molecule has 2 rings (SSSR count). The summed E-state index contributed by atoms with van der Waals surface area (Å²) >= 11 is 0. The second-order valence-corrected chi connectivity index (χ2v) is 4.86. The van der Waals surface area contributed by atoms with E-state index in [0.29, 0.717) is 23.9 Å². The molecule has 18 heavy (non-hydrogen) atoms. The highest BCUT2D eigenvalue weighted by Crippen LogP contribution is 2.29. The van der Waals surface area contributed by atoms with E-state index in [1.807, 2.05) is 13.0 Å². The number of hydrogen-bond acceptors (Lipinski definition) is 4. The molecule has 0 amide bonds. The third kappa shape index (κ3) is 3.34. The number of aromatic nitrogens is 2. The summed E-state index contributed by atoms with van der Waals surface area (Å²) < 4.78 is 6.05. The molecule has 4 heteroatoms. The summed E-state index contributed by atoms with van der Waals surface area (Å²) in [6.45, 7) is 5.10. The third-order valence-electron chi connectivity index (χ3n) is 3.60. The number of rotatable bonds is 5. The van der Waals surface area contributed by atoms with Crippen LogP contribution in [-0.4, -0.2) is 22.6 Å². The van der Waals surface area contributed by atoms with Crippen LogP contribution in [0.4, 0.5) is 5.95 Å². The van der Waals surface area contributed by atoms with E-state index in [2.05, 4.69) is 22.2 Å². The van der Waals surface area contributed by atoms with Gasteiger partial charge in [-0.25, -0.2) is 4.98 Å². The standard InChI is InChI=1S/C14H23N3O/c1-3-11-7-5-6-8-12(11)18-13-9-10-16-14(17-13)15-4-2/h9-12H,3-8H2,1-2H3,(H,15,16,17). The van der Waals surface area contributed by atoms with Crippen LogP contribution in [-0.2, 0) is 0 Å². The second kappa shape index (κ2) is 6.57. The number of nitrogens with one attached hydrogen (secondary N) is 1. The first kappa shape index (κ1) is 13.1. The molecule has 0 saturated heterocycles. The Morgan fingerprint density at radius 2 is 2.17 bits per heavy atom. The lowest BCUT2D eigenvalue weighted by molar-refractivity contribution is 0.0859. The van der Waals surface area contributed by atoms with Gasteiger partial charge in [0.15, 0.2) is 0 Å². The van der Waals surface area contributed by atoms with Crippen molar-refractivity contribution >= 4 is 5.95 Å². The zero-order valence-electron chi connectivity index (χ0n) is 11.4. The second-order valence-electron chi connectivity index (χ2n) is 4.86. The quantitative estimate of drug-likeness (QED) is 0.870. The Kier molecular flexibility index (Phi) is 4.79. The monoisotopic (exact) mass is 249 g/mol. The van der Waals surface area contributed by atoms with Gasteiger partial charge in [-0.3, -0.25) is 0 Å². The van der Waals surface area contributed by atoms with E-state index in [1.54, 1.807) is 6.20 Å². The minimum atomic E-state index is 0.327. The van der Waals surface area contributed by atoms with Crippen LogP contribution in [0.5, 0.6) is 5.88 Å². The van der Waals surface area contributed by atoms with Crippen molar-refractivity contribution in [1.29, 1.82) is 0 Å². The van der Waals surface area contributed by atoms with Gasteiger partial charge in [-0.2, -0.15) is 4.98 Å². The van der Waals surface area contributed by atoms with E-state index < -0.39 is 0 Å². The van der Waals surface area contributed by atoms with Gasteiger partial charge in [-0.05, 0) is 38.5 Å². The van der Waals surface area contributed by atoms with Crippen molar-refractivity contribution in [2.75, 3.05) is 11.9 Å². The maximum Gasteiger partial charge on any atom is 0.225 e. The Bertz CT molecular complexity index is 370. The predicted octanol–water partition coefficient (Wildman–Crippen LogP) is 3.26. The molecule has 1 aromatic heterocycles. The Hall–Kier alpha value is -1.32. The van der Waals surface area contributed by atoms with Gasteiger partial charge in [0.2, 0.25) is 11.8 Å². The Morgan fingerprint density at radius 1 is 1.33 bits per heavy atom. The maximum absolute atomic E-state index is 6.05. The molecular weight excluding hydrogens is 226 g/mol. The molecule has 100 valence electrons. The summed E-state index contributed by atoms with van der Waals surface area (Å²) in [6, 6.07) is 1.85. The van der Waals surface area contributed by atoms with E-state index in [-0.39, 0.29) is 0 Å². The number of anilines is 1. The summed E-state index contributed by atoms with van der Waals surface area (Å²) in [5, 5.41) is 3.11. The summed E-state index contributed by atoms with van der Waals surface area (Å²) in [5.74, 6) is 2.03. The average molecular weight is 249 g/mol. The largest absolute Gasteiger partial charge is 0.474 e. The molecule has 1 aliphatic rings. The smallest absolute Gasteiger partial charge is 0.225 e. The maximum atomic E-state index is 6.05. The van der Waals surface area contributed by atoms with Crippen molar-refractivity contribution in [3.63, 3.8) is 0 Å². The minimum absolute atomic E-state index is 0.327. The fourth-order valence-corrected chi connectivity index (χ4v) is 2.60. The van der Waals surface area contributed by atoms with Crippen LogP contribution in [0, 0.1) is 5.92 Å². The lowest BCUT2D eigenvalue weighted by atomic mass is 9.85. The highest BCUT2D eigenvalue weighted by atomic mass is 16.5. The summed E-state index contributed by atoms with van der Waals surface area (Å²) in [6.07, 6.45) is 8.32. The Labute approximate surface area is 109 Å². The van der Waals surface area contributed by atoms with Crippen molar-refractivity contribution in [2.24, 2.45) is 5.92 Å². The zero-order valence-corrected chi connectivity index (χ0v) is 11.4. The zero-order chi connectivity index (χ0) is 12.8. The van der Waals surface area contributed by atoms with Gasteiger partial charge in [-0.15, -0.1) is 0 Å². The fraction of sp³-hybridized carbons (Fsp3) is 0.714. The van der Waals surface area contributed by atoms with E-state index in [1.165, 1.54) is 25.7 Å². The van der Waals surface area contributed by atoms with E-state index in [9.17, 15) is 0 Å². The third-order valence-corrected chi connectivity index (χ3v) is 3.60. The SMILES string of the molecule is CCNc1nccc(OC2CCCCC2CC)n1. The lowest BCUT2D eigenvalue weighted by Gasteiger charge is -2.30. The van der Waals surface area contributed by atoms with E-state index in [4.69, 9.17) is 4.74 Å².